The van der Waals surface area contributed by atoms with Crippen LogP contribution in [0.3, 0.4) is 0 Å². The molecule has 2 N–H and O–H groups in total. The first-order valence-electron chi connectivity index (χ1n) is 7.63. The first-order valence-corrected chi connectivity index (χ1v) is 7.63. The number of likely N-dealkylation sites (N-methyl/N-ethyl adjacent to an activating group) is 2. The lowest BCUT2D eigenvalue weighted by molar-refractivity contribution is 0.0641. The predicted molar refractivity (Wildman–Crippen MR) is 77.6 cm³/mol. The van der Waals surface area contributed by atoms with E-state index in [9.17, 15) is 0 Å². The van der Waals surface area contributed by atoms with E-state index in [-0.39, 0.29) is 0 Å². The summed E-state index contributed by atoms with van der Waals surface area (Å²) in [6, 6.07) is 0.905. The van der Waals surface area contributed by atoms with Crippen LogP contribution in [0, 0.1) is 17.8 Å². The molecule has 1 saturated carbocycles. The normalized spacial score (nSPS) is 41.8. The second-order valence-electron chi connectivity index (χ2n) is 6.92. The largest absolute Gasteiger partial charge is 0.326 e. The number of piperazine rings is 1. The number of rotatable bonds is 2. The third-order valence-electron chi connectivity index (χ3n) is 5.53. The van der Waals surface area contributed by atoms with Gasteiger partial charge in [0.2, 0.25) is 0 Å². The average molecular weight is 253 g/mol. The lowest BCUT2D eigenvalue weighted by atomic mass is 9.72. The van der Waals surface area contributed by atoms with Gasteiger partial charge in [-0.2, -0.15) is 0 Å². The fraction of sp³-hybridized carbons (Fsp3) is 1.00. The number of hydrogen-bond acceptors (Lipinski definition) is 3. The van der Waals surface area contributed by atoms with Gasteiger partial charge in [0.1, 0.15) is 0 Å². The zero-order valence-electron chi connectivity index (χ0n) is 12.6. The van der Waals surface area contributed by atoms with Crippen LogP contribution in [-0.2, 0) is 0 Å². The van der Waals surface area contributed by atoms with E-state index >= 15 is 0 Å². The topological polar surface area (TPSA) is 32.5 Å². The van der Waals surface area contributed by atoms with Gasteiger partial charge in [-0.05, 0) is 44.7 Å². The molecule has 1 saturated heterocycles. The fourth-order valence-corrected chi connectivity index (χ4v) is 3.71. The Morgan fingerprint density at radius 3 is 2.44 bits per heavy atom. The van der Waals surface area contributed by atoms with Crippen LogP contribution in [0.15, 0.2) is 0 Å². The Bertz CT molecular complexity index is 268. The van der Waals surface area contributed by atoms with E-state index < -0.39 is 0 Å². The van der Waals surface area contributed by atoms with Crippen molar-refractivity contribution in [3.05, 3.63) is 0 Å². The Morgan fingerprint density at radius 1 is 1.06 bits per heavy atom. The second-order valence-corrected chi connectivity index (χ2v) is 6.92. The molecule has 3 heteroatoms. The van der Waals surface area contributed by atoms with Crippen molar-refractivity contribution in [3.63, 3.8) is 0 Å². The molecule has 1 heterocycles. The van der Waals surface area contributed by atoms with E-state index in [4.69, 9.17) is 5.73 Å². The van der Waals surface area contributed by atoms with Crippen molar-refractivity contribution in [2.24, 2.45) is 23.5 Å². The Morgan fingerprint density at radius 2 is 1.78 bits per heavy atom. The van der Waals surface area contributed by atoms with Crippen LogP contribution in [0.4, 0.5) is 0 Å². The Balaban J connectivity index is 1.95. The molecule has 0 bridgehead atoms. The average Bonchev–Trinajstić information content (AvgIpc) is 2.35. The zero-order chi connectivity index (χ0) is 13.3. The molecule has 2 rings (SSSR count). The van der Waals surface area contributed by atoms with Crippen molar-refractivity contribution in [3.8, 4) is 0 Å². The molecule has 2 fully saturated rings. The Hall–Kier alpha value is -0.120. The van der Waals surface area contributed by atoms with Crippen LogP contribution < -0.4 is 5.73 Å². The number of hydrogen-bond donors (Lipinski definition) is 1. The van der Waals surface area contributed by atoms with Gasteiger partial charge >= 0.3 is 0 Å². The Kier molecular flexibility index (Phi) is 4.68. The predicted octanol–water partition coefficient (Wildman–Crippen LogP) is 1.63. The zero-order valence-corrected chi connectivity index (χ0v) is 12.6. The molecular formula is C15H31N3. The van der Waals surface area contributed by atoms with Crippen molar-refractivity contribution in [1.29, 1.82) is 0 Å². The van der Waals surface area contributed by atoms with Crippen LogP contribution in [0.2, 0.25) is 0 Å². The van der Waals surface area contributed by atoms with Gasteiger partial charge in [-0.1, -0.05) is 20.3 Å². The summed E-state index contributed by atoms with van der Waals surface area (Å²) >= 11 is 0. The van der Waals surface area contributed by atoms with Crippen LogP contribution in [0.5, 0.6) is 0 Å². The summed E-state index contributed by atoms with van der Waals surface area (Å²) in [4.78, 5) is 4.91. The summed E-state index contributed by atoms with van der Waals surface area (Å²) in [5.41, 5.74) is 6.62. The molecule has 0 aromatic carbocycles. The molecule has 0 radical (unpaired) electrons. The van der Waals surface area contributed by atoms with Crippen LogP contribution in [0.1, 0.15) is 33.1 Å². The van der Waals surface area contributed by atoms with Gasteiger partial charge in [-0.25, -0.2) is 0 Å². The molecule has 5 atom stereocenters. The van der Waals surface area contributed by atoms with Crippen molar-refractivity contribution in [2.45, 2.75) is 45.2 Å². The fourth-order valence-electron chi connectivity index (χ4n) is 3.71. The monoisotopic (exact) mass is 253 g/mol. The first-order chi connectivity index (χ1) is 8.49. The SMILES string of the molecule is CC1CCC(C(N)C2CN(C)CCN2C)CC1C. The van der Waals surface area contributed by atoms with Crippen LogP contribution >= 0.6 is 0 Å². The summed E-state index contributed by atoms with van der Waals surface area (Å²) in [6.45, 7) is 8.27. The van der Waals surface area contributed by atoms with Gasteiger partial charge in [0.15, 0.2) is 0 Å². The third kappa shape index (κ3) is 3.06. The van der Waals surface area contributed by atoms with Gasteiger partial charge in [-0.15, -0.1) is 0 Å². The summed E-state index contributed by atoms with van der Waals surface area (Å²) in [5.74, 6) is 2.47. The molecule has 5 unspecified atom stereocenters. The lowest BCUT2D eigenvalue weighted by Crippen LogP contribution is -2.60. The van der Waals surface area contributed by atoms with Crippen molar-refractivity contribution in [2.75, 3.05) is 33.7 Å². The van der Waals surface area contributed by atoms with E-state index in [1.807, 2.05) is 0 Å². The highest BCUT2D eigenvalue weighted by Crippen LogP contribution is 2.35. The van der Waals surface area contributed by atoms with Crippen molar-refractivity contribution in [1.82, 2.24) is 9.80 Å². The first kappa shape index (κ1) is 14.3. The third-order valence-corrected chi connectivity index (χ3v) is 5.53. The summed E-state index contributed by atoms with van der Waals surface area (Å²) in [6.07, 6.45) is 4.03. The van der Waals surface area contributed by atoms with E-state index in [2.05, 4.69) is 37.7 Å². The molecule has 2 aliphatic rings. The highest BCUT2D eigenvalue weighted by molar-refractivity contribution is 4.93. The number of nitrogens with zero attached hydrogens (tertiary/aromatic N) is 2. The molecule has 106 valence electrons. The minimum absolute atomic E-state index is 0.354. The van der Waals surface area contributed by atoms with Gasteiger partial charge in [-0.3, -0.25) is 4.90 Å². The maximum Gasteiger partial charge on any atom is 0.0374 e. The standard InChI is InChI=1S/C15H31N3/c1-11-5-6-13(9-12(11)2)15(16)14-10-17(3)7-8-18(14)4/h11-15H,5-10,16H2,1-4H3. The molecule has 1 aliphatic carbocycles. The van der Waals surface area contributed by atoms with E-state index in [0.29, 0.717) is 12.1 Å². The summed E-state index contributed by atoms with van der Waals surface area (Å²) in [7, 11) is 4.46. The minimum Gasteiger partial charge on any atom is -0.326 e. The lowest BCUT2D eigenvalue weighted by Gasteiger charge is -2.45. The van der Waals surface area contributed by atoms with E-state index in [1.165, 1.54) is 25.8 Å². The van der Waals surface area contributed by atoms with Gasteiger partial charge < -0.3 is 10.6 Å². The maximum atomic E-state index is 6.62. The quantitative estimate of drug-likeness (QED) is 0.812. The molecule has 3 nitrogen and oxygen atoms in total. The minimum atomic E-state index is 0.354. The van der Waals surface area contributed by atoms with Crippen molar-refractivity contribution < 1.29 is 0 Å². The summed E-state index contributed by atoms with van der Waals surface area (Å²) < 4.78 is 0. The molecular weight excluding hydrogens is 222 g/mol. The van der Waals surface area contributed by atoms with Gasteiger partial charge in [0, 0.05) is 31.7 Å². The summed E-state index contributed by atoms with van der Waals surface area (Å²) in [5, 5.41) is 0. The Labute approximate surface area is 113 Å². The molecule has 1 aliphatic heterocycles. The molecule has 18 heavy (non-hydrogen) atoms. The highest BCUT2D eigenvalue weighted by atomic mass is 15.3. The molecule has 0 aromatic heterocycles. The van der Waals surface area contributed by atoms with Crippen molar-refractivity contribution >= 4 is 0 Å². The van der Waals surface area contributed by atoms with Crippen LogP contribution in [-0.4, -0.2) is 55.6 Å². The smallest absolute Gasteiger partial charge is 0.0374 e. The van der Waals surface area contributed by atoms with Crippen LogP contribution in [0.25, 0.3) is 0 Å². The highest BCUT2D eigenvalue weighted by Gasteiger charge is 2.35. The maximum absolute atomic E-state index is 6.62. The molecule has 0 spiro atoms. The second kappa shape index (κ2) is 5.89. The van der Waals surface area contributed by atoms with Gasteiger partial charge in [0.05, 0.1) is 0 Å². The molecule has 0 aromatic rings. The number of nitrogens with two attached hydrogens (primary N) is 1. The van der Waals surface area contributed by atoms with E-state index in [1.54, 1.807) is 0 Å². The van der Waals surface area contributed by atoms with Gasteiger partial charge in [0.25, 0.3) is 0 Å². The van der Waals surface area contributed by atoms with E-state index in [0.717, 1.165) is 30.8 Å². The molecule has 0 amide bonds.